The Morgan fingerprint density at radius 1 is 1.48 bits per heavy atom. The van der Waals surface area contributed by atoms with E-state index in [1.807, 2.05) is 23.8 Å². The molecule has 1 atom stereocenters. The van der Waals surface area contributed by atoms with Gasteiger partial charge in [-0.05, 0) is 19.3 Å². The lowest BCUT2D eigenvalue weighted by Crippen LogP contribution is -2.31. The molecule has 1 aliphatic rings. The molecule has 0 fully saturated rings. The quantitative estimate of drug-likeness (QED) is 0.742. The van der Waals surface area contributed by atoms with Crippen molar-refractivity contribution in [3.8, 4) is 0 Å². The van der Waals surface area contributed by atoms with Crippen LogP contribution in [0.3, 0.4) is 0 Å². The number of rotatable bonds is 3. The molecule has 6 nitrogen and oxygen atoms in total. The molecule has 0 N–H and O–H groups in total. The lowest BCUT2D eigenvalue weighted by molar-refractivity contribution is 0.369. The molecule has 21 heavy (non-hydrogen) atoms. The average molecular weight is 302 g/mol. The fraction of sp³-hybridized carbons (Fsp3) is 0.500. The van der Waals surface area contributed by atoms with Crippen LogP contribution in [-0.2, 0) is 13.0 Å². The van der Waals surface area contributed by atoms with Crippen LogP contribution in [-0.4, -0.2) is 37.7 Å². The van der Waals surface area contributed by atoms with Crippen molar-refractivity contribution in [3.63, 3.8) is 0 Å². The zero-order valence-electron chi connectivity index (χ0n) is 12.2. The molecule has 7 heteroatoms. The molecular formula is C14H18N6S. The Bertz CT molecular complexity index is 738. The van der Waals surface area contributed by atoms with Gasteiger partial charge >= 0.3 is 0 Å². The first-order valence-electron chi connectivity index (χ1n) is 7.23. The molecule has 0 saturated carbocycles. The van der Waals surface area contributed by atoms with Gasteiger partial charge in [-0.15, -0.1) is 5.10 Å². The SMILES string of the molecule is Cc1cn2nc(N(C)C[C@H]3CCc4nccn4C3)sc2n1. The van der Waals surface area contributed by atoms with E-state index in [0.717, 1.165) is 35.3 Å². The van der Waals surface area contributed by atoms with Crippen molar-refractivity contribution in [2.45, 2.75) is 26.3 Å². The number of imidazole rings is 2. The number of nitrogens with zero attached hydrogens (tertiary/aromatic N) is 6. The van der Waals surface area contributed by atoms with Gasteiger partial charge in [-0.3, -0.25) is 0 Å². The summed E-state index contributed by atoms with van der Waals surface area (Å²) in [6, 6.07) is 0. The van der Waals surface area contributed by atoms with Crippen LogP contribution in [0.1, 0.15) is 17.9 Å². The highest BCUT2D eigenvalue weighted by Crippen LogP contribution is 2.25. The van der Waals surface area contributed by atoms with Crippen molar-refractivity contribution in [3.05, 3.63) is 30.1 Å². The minimum Gasteiger partial charge on any atom is -0.349 e. The van der Waals surface area contributed by atoms with Crippen LogP contribution in [0.15, 0.2) is 18.6 Å². The molecule has 0 spiro atoms. The monoisotopic (exact) mass is 302 g/mol. The molecule has 0 unspecified atom stereocenters. The summed E-state index contributed by atoms with van der Waals surface area (Å²) in [7, 11) is 2.12. The minimum atomic E-state index is 0.648. The van der Waals surface area contributed by atoms with Gasteiger partial charge in [-0.1, -0.05) is 11.3 Å². The van der Waals surface area contributed by atoms with Crippen molar-refractivity contribution in [1.29, 1.82) is 0 Å². The van der Waals surface area contributed by atoms with Crippen LogP contribution >= 0.6 is 11.3 Å². The first-order valence-corrected chi connectivity index (χ1v) is 8.04. The van der Waals surface area contributed by atoms with Gasteiger partial charge in [-0.25, -0.2) is 14.5 Å². The Labute approximate surface area is 127 Å². The summed E-state index contributed by atoms with van der Waals surface area (Å²) in [5.74, 6) is 1.87. The largest absolute Gasteiger partial charge is 0.349 e. The maximum atomic E-state index is 4.61. The second kappa shape index (κ2) is 4.84. The van der Waals surface area contributed by atoms with Crippen molar-refractivity contribution >= 4 is 21.4 Å². The predicted molar refractivity (Wildman–Crippen MR) is 82.9 cm³/mol. The Balaban J connectivity index is 1.48. The van der Waals surface area contributed by atoms with Crippen molar-refractivity contribution < 1.29 is 0 Å². The van der Waals surface area contributed by atoms with E-state index < -0.39 is 0 Å². The summed E-state index contributed by atoms with van der Waals surface area (Å²) in [5.41, 5.74) is 1.02. The van der Waals surface area contributed by atoms with Crippen LogP contribution in [0, 0.1) is 12.8 Å². The molecule has 110 valence electrons. The molecular weight excluding hydrogens is 284 g/mol. The van der Waals surface area contributed by atoms with Crippen LogP contribution in [0.2, 0.25) is 0 Å². The van der Waals surface area contributed by atoms with Crippen molar-refractivity contribution in [2.24, 2.45) is 5.92 Å². The lowest BCUT2D eigenvalue weighted by Gasteiger charge is -2.27. The molecule has 0 bridgehead atoms. The maximum absolute atomic E-state index is 4.61. The van der Waals surface area contributed by atoms with Gasteiger partial charge in [-0.2, -0.15) is 0 Å². The Morgan fingerprint density at radius 3 is 3.24 bits per heavy atom. The highest BCUT2D eigenvalue weighted by molar-refractivity contribution is 7.20. The summed E-state index contributed by atoms with van der Waals surface area (Å²) >= 11 is 1.65. The zero-order valence-corrected chi connectivity index (χ0v) is 13.0. The number of hydrogen-bond acceptors (Lipinski definition) is 5. The molecule has 0 amide bonds. The smallest absolute Gasteiger partial charge is 0.214 e. The van der Waals surface area contributed by atoms with E-state index in [4.69, 9.17) is 0 Å². The predicted octanol–water partition coefficient (Wildman–Crippen LogP) is 1.99. The second-order valence-corrected chi connectivity index (χ2v) is 6.71. The first-order chi connectivity index (χ1) is 10.2. The summed E-state index contributed by atoms with van der Waals surface area (Å²) in [4.78, 5) is 12.1. The molecule has 3 aromatic rings. The third-order valence-electron chi connectivity index (χ3n) is 4.04. The second-order valence-electron chi connectivity index (χ2n) is 5.78. The van der Waals surface area contributed by atoms with Crippen LogP contribution in [0.25, 0.3) is 4.96 Å². The Kier molecular flexibility index (Phi) is 2.95. The molecule has 1 aliphatic heterocycles. The van der Waals surface area contributed by atoms with Crippen LogP contribution in [0.4, 0.5) is 5.13 Å². The number of fused-ring (bicyclic) bond motifs is 2. The van der Waals surface area contributed by atoms with Crippen molar-refractivity contribution in [2.75, 3.05) is 18.5 Å². The molecule has 0 radical (unpaired) electrons. The molecule has 0 aromatic carbocycles. The average Bonchev–Trinajstić information content (AvgIpc) is 3.11. The van der Waals surface area contributed by atoms with E-state index in [0.29, 0.717) is 5.92 Å². The van der Waals surface area contributed by atoms with Gasteiger partial charge in [0.05, 0.1) is 11.9 Å². The van der Waals surface area contributed by atoms with Crippen molar-refractivity contribution in [1.82, 2.24) is 24.1 Å². The van der Waals surface area contributed by atoms with Gasteiger partial charge < -0.3 is 9.47 Å². The minimum absolute atomic E-state index is 0.648. The third-order valence-corrected chi connectivity index (χ3v) is 5.08. The van der Waals surface area contributed by atoms with E-state index >= 15 is 0 Å². The zero-order chi connectivity index (χ0) is 14.4. The number of aromatic nitrogens is 5. The fourth-order valence-corrected chi connectivity index (χ4v) is 3.90. The molecule has 4 rings (SSSR count). The Morgan fingerprint density at radius 2 is 2.38 bits per heavy atom. The van der Waals surface area contributed by atoms with E-state index in [2.05, 4.69) is 37.8 Å². The third kappa shape index (κ3) is 2.31. The fourth-order valence-electron chi connectivity index (χ4n) is 3.00. The number of aryl methyl sites for hydroxylation is 2. The summed E-state index contributed by atoms with van der Waals surface area (Å²) in [6.45, 7) is 4.07. The normalized spacial score (nSPS) is 18.1. The Hall–Kier alpha value is -1.89. The molecule has 4 heterocycles. The summed E-state index contributed by atoms with van der Waals surface area (Å²) < 4.78 is 4.15. The first kappa shape index (κ1) is 12.8. The standard InChI is InChI=1S/C14H18N6S/c1-10-7-20-13(16-10)21-14(17-20)18(2)8-11-3-4-12-15-5-6-19(12)9-11/h5-7,11H,3-4,8-9H2,1-2H3/t11-/m1/s1. The van der Waals surface area contributed by atoms with E-state index in [1.165, 1.54) is 12.2 Å². The molecule has 3 aromatic heterocycles. The van der Waals surface area contributed by atoms with E-state index in [1.54, 1.807) is 11.3 Å². The molecule has 0 saturated heterocycles. The number of anilines is 1. The lowest BCUT2D eigenvalue weighted by atomic mass is 9.99. The summed E-state index contributed by atoms with van der Waals surface area (Å²) in [5, 5.41) is 5.65. The number of hydrogen-bond donors (Lipinski definition) is 0. The topological polar surface area (TPSA) is 51.2 Å². The van der Waals surface area contributed by atoms with Gasteiger partial charge in [0.25, 0.3) is 0 Å². The van der Waals surface area contributed by atoms with Gasteiger partial charge in [0.2, 0.25) is 10.1 Å². The van der Waals surface area contributed by atoms with Gasteiger partial charge in [0.1, 0.15) is 5.82 Å². The van der Waals surface area contributed by atoms with E-state index in [9.17, 15) is 0 Å². The maximum Gasteiger partial charge on any atom is 0.214 e. The highest BCUT2D eigenvalue weighted by atomic mass is 32.1. The van der Waals surface area contributed by atoms with E-state index in [-0.39, 0.29) is 0 Å². The van der Waals surface area contributed by atoms with Crippen LogP contribution < -0.4 is 4.90 Å². The van der Waals surface area contributed by atoms with Gasteiger partial charge in [0.15, 0.2) is 0 Å². The highest BCUT2D eigenvalue weighted by Gasteiger charge is 2.21. The van der Waals surface area contributed by atoms with Gasteiger partial charge in [0, 0.05) is 39.0 Å². The van der Waals surface area contributed by atoms with Crippen LogP contribution in [0.5, 0.6) is 0 Å². The summed E-state index contributed by atoms with van der Waals surface area (Å²) in [6.07, 6.45) is 8.23. The molecule has 0 aliphatic carbocycles.